The minimum atomic E-state index is -3.55. The van der Waals surface area contributed by atoms with Crippen LogP contribution in [-0.4, -0.2) is 20.1 Å². The Morgan fingerprint density at radius 2 is 1.54 bits per heavy atom. The average molecular weight is 343 g/mol. The highest BCUT2D eigenvalue weighted by molar-refractivity contribution is 7.93. The minimum absolute atomic E-state index is 0.00153. The molecule has 0 N–H and O–H groups in total. The van der Waals surface area contributed by atoms with Gasteiger partial charge >= 0.3 is 0 Å². The van der Waals surface area contributed by atoms with E-state index in [1.807, 2.05) is 30.3 Å². The van der Waals surface area contributed by atoms with Crippen molar-refractivity contribution >= 4 is 21.4 Å². The quantitative estimate of drug-likeness (QED) is 0.839. The van der Waals surface area contributed by atoms with Crippen LogP contribution in [0, 0.1) is 0 Å². The Labute approximate surface area is 143 Å². The minimum Gasteiger partial charge on any atom is -0.290 e. The number of hydrogen-bond donors (Lipinski definition) is 0. The fraction of sp³-hybridized carbons (Fsp3) is 0.316. The third kappa shape index (κ3) is 2.96. The third-order valence-corrected chi connectivity index (χ3v) is 6.08. The maximum atomic E-state index is 12.5. The van der Waals surface area contributed by atoms with Crippen LogP contribution < -0.4 is 4.90 Å². The van der Waals surface area contributed by atoms with Crippen LogP contribution in [0.1, 0.15) is 37.3 Å². The highest BCUT2D eigenvalue weighted by Gasteiger charge is 2.45. The standard InChI is InChI=1S/C19H21NO3S/c1-19(2,3)15-9-11-16(12-10-15)20-17(21)13-24(22,23)18(20)14-7-5-4-6-8-14/h4-12,18H,13H2,1-3H3. The molecule has 0 aliphatic carbocycles. The molecule has 0 spiro atoms. The van der Waals surface area contributed by atoms with Gasteiger partial charge in [-0.25, -0.2) is 8.42 Å². The highest BCUT2D eigenvalue weighted by Crippen LogP contribution is 2.38. The van der Waals surface area contributed by atoms with Crippen molar-refractivity contribution in [3.63, 3.8) is 0 Å². The van der Waals surface area contributed by atoms with Crippen molar-refractivity contribution in [1.82, 2.24) is 0 Å². The van der Waals surface area contributed by atoms with Crippen LogP contribution in [0.15, 0.2) is 54.6 Å². The molecule has 0 aromatic heterocycles. The summed E-state index contributed by atoms with van der Waals surface area (Å²) in [4.78, 5) is 13.8. The SMILES string of the molecule is CC(C)(C)c1ccc(N2C(=O)CS(=O)(=O)C2c2ccccc2)cc1. The summed E-state index contributed by atoms with van der Waals surface area (Å²) in [6.07, 6.45) is 0. The fourth-order valence-corrected chi connectivity index (χ4v) is 4.76. The molecule has 1 aliphatic heterocycles. The van der Waals surface area contributed by atoms with Crippen molar-refractivity contribution in [3.8, 4) is 0 Å². The Bertz CT molecular complexity index is 850. The third-order valence-electron chi connectivity index (χ3n) is 4.26. The first-order valence-corrected chi connectivity index (χ1v) is 9.61. The van der Waals surface area contributed by atoms with Crippen LogP contribution in [0.4, 0.5) is 5.69 Å². The van der Waals surface area contributed by atoms with Crippen molar-refractivity contribution in [1.29, 1.82) is 0 Å². The number of anilines is 1. The monoisotopic (exact) mass is 343 g/mol. The zero-order chi connectivity index (χ0) is 17.5. The number of rotatable bonds is 2. The molecule has 1 heterocycles. The van der Waals surface area contributed by atoms with Crippen LogP contribution in [0.3, 0.4) is 0 Å². The van der Waals surface area contributed by atoms with Gasteiger partial charge in [0, 0.05) is 5.69 Å². The van der Waals surface area contributed by atoms with Gasteiger partial charge in [0.1, 0.15) is 5.75 Å². The number of hydrogen-bond acceptors (Lipinski definition) is 3. The lowest BCUT2D eigenvalue weighted by Crippen LogP contribution is -2.29. The molecule has 4 nitrogen and oxygen atoms in total. The first-order chi connectivity index (χ1) is 11.2. The number of sulfone groups is 1. The second kappa shape index (κ2) is 5.74. The summed E-state index contributed by atoms with van der Waals surface area (Å²) >= 11 is 0. The molecule has 1 amide bonds. The molecular weight excluding hydrogens is 322 g/mol. The van der Waals surface area contributed by atoms with Gasteiger partial charge in [0.25, 0.3) is 0 Å². The Morgan fingerprint density at radius 1 is 0.958 bits per heavy atom. The molecule has 1 saturated heterocycles. The zero-order valence-corrected chi connectivity index (χ0v) is 14.9. The molecule has 0 saturated carbocycles. The highest BCUT2D eigenvalue weighted by atomic mass is 32.2. The number of nitrogens with zero attached hydrogens (tertiary/aromatic N) is 1. The maximum absolute atomic E-state index is 12.5. The molecule has 0 radical (unpaired) electrons. The molecule has 3 rings (SSSR count). The Hall–Kier alpha value is -2.14. The lowest BCUT2D eigenvalue weighted by molar-refractivity contribution is -0.115. The van der Waals surface area contributed by atoms with Gasteiger partial charge in [-0.1, -0.05) is 63.2 Å². The molecule has 126 valence electrons. The van der Waals surface area contributed by atoms with E-state index in [0.717, 1.165) is 5.56 Å². The van der Waals surface area contributed by atoms with E-state index >= 15 is 0 Å². The van der Waals surface area contributed by atoms with E-state index in [-0.39, 0.29) is 11.3 Å². The topological polar surface area (TPSA) is 54.5 Å². The van der Waals surface area contributed by atoms with Crippen LogP contribution >= 0.6 is 0 Å². The van der Waals surface area contributed by atoms with Gasteiger partial charge in [-0.3, -0.25) is 9.69 Å². The molecule has 2 aromatic carbocycles. The smallest absolute Gasteiger partial charge is 0.243 e. The Morgan fingerprint density at radius 3 is 2.08 bits per heavy atom. The Balaban J connectivity index is 2.06. The molecule has 1 atom stereocenters. The summed E-state index contributed by atoms with van der Waals surface area (Å²) in [5, 5.41) is -0.952. The van der Waals surface area contributed by atoms with Gasteiger partial charge in [0.2, 0.25) is 5.91 Å². The van der Waals surface area contributed by atoms with Crippen LogP contribution in [0.2, 0.25) is 0 Å². The summed E-state index contributed by atoms with van der Waals surface area (Å²) in [5.41, 5.74) is 2.36. The largest absolute Gasteiger partial charge is 0.290 e. The van der Waals surface area contributed by atoms with Crippen molar-refractivity contribution in [3.05, 3.63) is 65.7 Å². The number of carbonyl (C=O) groups is 1. The van der Waals surface area contributed by atoms with Crippen LogP contribution in [0.25, 0.3) is 0 Å². The first kappa shape index (κ1) is 16.7. The van der Waals surface area contributed by atoms with E-state index in [1.54, 1.807) is 24.3 Å². The molecule has 0 bridgehead atoms. The van der Waals surface area contributed by atoms with Gasteiger partial charge in [-0.15, -0.1) is 0 Å². The lowest BCUT2D eigenvalue weighted by atomic mass is 9.87. The van der Waals surface area contributed by atoms with Crippen molar-refractivity contribution in [2.45, 2.75) is 31.6 Å². The van der Waals surface area contributed by atoms with E-state index in [9.17, 15) is 13.2 Å². The van der Waals surface area contributed by atoms with Crippen molar-refractivity contribution < 1.29 is 13.2 Å². The van der Waals surface area contributed by atoms with Gasteiger partial charge in [-0.2, -0.15) is 0 Å². The van der Waals surface area contributed by atoms with Crippen molar-refractivity contribution in [2.75, 3.05) is 10.7 Å². The van der Waals surface area contributed by atoms with E-state index < -0.39 is 21.0 Å². The molecule has 5 heteroatoms. The summed E-state index contributed by atoms with van der Waals surface area (Å²) in [7, 11) is -3.55. The normalized spacial score (nSPS) is 20.4. The van der Waals surface area contributed by atoms with Gasteiger partial charge in [0.05, 0.1) is 0 Å². The van der Waals surface area contributed by atoms with E-state index in [4.69, 9.17) is 0 Å². The summed E-state index contributed by atoms with van der Waals surface area (Å²) < 4.78 is 25.0. The summed E-state index contributed by atoms with van der Waals surface area (Å²) in [6.45, 7) is 6.33. The average Bonchev–Trinajstić information content (AvgIpc) is 2.76. The molecule has 1 aliphatic rings. The van der Waals surface area contributed by atoms with Gasteiger partial charge < -0.3 is 0 Å². The predicted molar refractivity (Wildman–Crippen MR) is 95.6 cm³/mol. The van der Waals surface area contributed by atoms with Gasteiger partial charge in [0.15, 0.2) is 15.2 Å². The van der Waals surface area contributed by atoms with E-state index in [2.05, 4.69) is 20.8 Å². The molecule has 1 unspecified atom stereocenters. The zero-order valence-electron chi connectivity index (χ0n) is 14.1. The molecule has 24 heavy (non-hydrogen) atoms. The number of amides is 1. The lowest BCUT2D eigenvalue weighted by Gasteiger charge is -2.25. The Kier molecular flexibility index (Phi) is 4.00. The van der Waals surface area contributed by atoms with Crippen LogP contribution in [0.5, 0.6) is 0 Å². The van der Waals surface area contributed by atoms with Crippen LogP contribution in [-0.2, 0) is 20.0 Å². The summed E-state index contributed by atoms with van der Waals surface area (Å²) in [5.74, 6) is -0.833. The van der Waals surface area contributed by atoms with E-state index in [0.29, 0.717) is 11.3 Å². The molecule has 1 fully saturated rings. The second-order valence-corrected chi connectivity index (χ2v) is 9.19. The molecular formula is C19H21NO3S. The number of benzene rings is 2. The van der Waals surface area contributed by atoms with E-state index in [1.165, 1.54) is 4.90 Å². The number of carbonyl (C=O) groups excluding carboxylic acids is 1. The van der Waals surface area contributed by atoms with Crippen molar-refractivity contribution in [2.24, 2.45) is 0 Å². The second-order valence-electron chi connectivity index (χ2n) is 7.13. The van der Waals surface area contributed by atoms with Gasteiger partial charge in [-0.05, 0) is 28.7 Å². The molecule has 2 aromatic rings. The first-order valence-electron chi connectivity index (χ1n) is 7.89. The maximum Gasteiger partial charge on any atom is 0.243 e. The summed E-state index contributed by atoms with van der Waals surface area (Å²) in [6, 6.07) is 16.5. The fourth-order valence-electron chi connectivity index (χ4n) is 2.99. The predicted octanol–water partition coefficient (Wildman–Crippen LogP) is 3.44.